The first-order valence-corrected chi connectivity index (χ1v) is 7.97. The van der Waals surface area contributed by atoms with Crippen LogP contribution in [0.1, 0.15) is 19.3 Å². The Kier molecular flexibility index (Phi) is 5.18. The van der Waals surface area contributed by atoms with E-state index in [9.17, 15) is 4.79 Å². The zero-order chi connectivity index (χ0) is 13.6. The van der Waals surface area contributed by atoms with Gasteiger partial charge in [-0.3, -0.25) is 0 Å². The Labute approximate surface area is 119 Å². The maximum absolute atomic E-state index is 11.9. The topological polar surface area (TPSA) is 35.5 Å². The number of carbonyl (C=O) groups excluding carboxylic acids is 1. The fourth-order valence-corrected chi connectivity index (χ4v) is 3.57. The van der Waals surface area contributed by atoms with Crippen LogP contribution in [0, 0.1) is 12.3 Å². The molecular formula is C15H16O3Se. The Morgan fingerprint density at radius 2 is 2.00 bits per heavy atom. The average Bonchev–Trinajstić information content (AvgIpc) is 2.89. The van der Waals surface area contributed by atoms with Crippen molar-refractivity contribution >= 4 is 24.1 Å². The summed E-state index contributed by atoms with van der Waals surface area (Å²) in [7, 11) is 0. The van der Waals surface area contributed by atoms with E-state index in [2.05, 4.69) is 5.92 Å². The fraction of sp³-hybridized carbons (Fsp3) is 0.400. The molecule has 1 aromatic carbocycles. The van der Waals surface area contributed by atoms with Gasteiger partial charge in [-0.15, -0.1) is 0 Å². The van der Waals surface area contributed by atoms with Crippen LogP contribution < -0.4 is 4.46 Å². The van der Waals surface area contributed by atoms with Crippen LogP contribution in [0.2, 0.25) is 0 Å². The second-order valence-electron chi connectivity index (χ2n) is 4.23. The van der Waals surface area contributed by atoms with Crippen molar-refractivity contribution in [3.8, 4) is 12.3 Å². The van der Waals surface area contributed by atoms with Gasteiger partial charge in [-0.2, -0.15) is 0 Å². The number of rotatable bonds is 6. The number of hydrogen-bond donors (Lipinski definition) is 0. The Morgan fingerprint density at radius 3 is 2.63 bits per heavy atom. The average molecular weight is 323 g/mol. The normalized spacial score (nSPS) is 17.0. The Morgan fingerprint density at radius 1 is 1.32 bits per heavy atom. The van der Waals surface area contributed by atoms with Crippen LogP contribution in [0.3, 0.4) is 0 Å². The van der Waals surface area contributed by atoms with Crippen LogP contribution in [0.4, 0.5) is 0 Å². The molecule has 2 rings (SSSR count). The summed E-state index contributed by atoms with van der Waals surface area (Å²) in [4.78, 5) is 11.9. The van der Waals surface area contributed by atoms with E-state index in [1.807, 2.05) is 30.3 Å². The summed E-state index contributed by atoms with van der Waals surface area (Å²) >= 11 is -0.109. The molecule has 1 aromatic rings. The summed E-state index contributed by atoms with van der Waals surface area (Å²) in [6.07, 6.45) is 7.25. The molecule has 4 heteroatoms. The predicted molar refractivity (Wildman–Crippen MR) is 74.2 cm³/mol. The first-order valence-electron chi connectivity index (χ1n) is 6.25. The second-order valence-corrected chi connectivity index (χ2v) is 6.61. The van der Waals surface area contributed by atoms with Crippen LogP contribution in [-0.4, -0.2) is 38.6 Å². The molecule has 1 aliphatic heterocycles. The molecule has 0 saturated carbocycles. The molecule has 1 heterocycles. The molecule has 0 radical (unpaired) electrons. The van der Waals surface area contributed by atoms with Gasteiger partial charge in [-0.25, -0.2) is 0 Å². The molecule has 0 N–H and O–H groups in total. The summed E-state index contributed by atoms with van der Waals surface area (Å²) in [5, 5.41) is 0. The molecule has 0 amide bonds. The molecule has 0 aliphatic carbocycles. The number of terminal acetylenes is 1. The van der Waals surface area contributed by atoms with E-state index in [0.717, 1.165) is 4.46 Å². The van der Waals surface area contributed by atoms with Crippen LogP contribution in [0.5, 0.6) is 0 Å². The molecule has 0 spiro atoms. The van der Waals surface area contributed by atoms with Crippen LogP contribution in [0.15, 0.2) is 30.3 Å². The minimum absolute atomic E-state index is 0.109. The van der Waals surface area contributed by atoms with E-state index in [-0.39, 0.29) is 19.6 Å². The molecule has 19 heavy (non-hydrogen) atoms. The molecule has 1 saturated heterocycles. The summed E-state index contributed by atoms with van der Waals surface area (Å²) in [5.74, 6) is 1.66. The fourth-order valence-electron chi connectivity index (χ4n) is 1.89. The molecule has 0 aromatic heterocycles. The third-order valence-electron chi connectivity index (χ3n) is 2.84. The predicted octanol–water partition coefficient (Wildman–Crippen LogP) is 1.09. The number of hydrogen-bond acceptors (Lipinski definition) is 3. The molecule has 0 unspecified atom stereocenters. The van der Waals surface area contributed by atoms with Crippen molar-refractivity contribution in [2.24, 2.45) is 0 Å². The summed E-state index contributed by atoms with van der Waals surface area (Å²) in [5.41, 5.74) is 0. The van der Waals surface area contributed by atoms with Crippen LogP contribution >= 0.6 is 0 Å². The quantitative estimate of drug-likeness (QED) is 0.581. The molecule has 0 atom stereocenters. The molecular weight excluding hydrogens is 307 g/mol. The summed E-state index contributed by atoms with van der Waals surface area (Å²) in [6.45, 7) is 1.07. The van der Waals surface area contributed by atoms with E-state index < -0.39 is 5.79 Å². The third-order valence-corrected chi connectivity index (χ3v) is 4.81. The maximum atomic E-state index is 11.9. The summed E-state index contributed by atoms with van der Waals surface area (Å²) in [6, 6.07) is 9.85. The van der Waals surface area contributed by atoms with Crippen molar-refractivity contribution in [3.63, 3.8) is 0 Å². The van der Waals surface area contributed by atoms with Crippen molar-refractivity contribution in [2.45, 2.75) is 25.0 Å². The van der Waals surface area contributed by atoms with Gasteiger partial charge in [0.15, 0.2) is 0 Å². The van der Waals surface area contributed by atoms with Crippen molar-refractivity contribution in [1.82, 2.24) is 0 Å². The zero-order valence-corrected chi connectivity index (χ0v) is 12.3. The van der Waals surface area contributed by atoms with Crippen molar-refractivity contribution in [1.29, 1.82) is 0 Å². The number of benzene rings is 1. The third kappa shape index (κ3) is 4.19. The monoisotopic (exact) mass is 324 g/mol. The van der Waals surface area contributed by atoms with Crippen molar-refractivity contribution in [3.05, 3.63) is 30.3 Å². The van der Waals surface area contributed by atoms with E-state index in [4.69, 9.17) is 15.9 Å². The standard InChI is InChI=1S/C15H16O3Se/c1-2-15(17-11-12-18-15)10-6-9-14(16)19-13-7-4-3-5-8-13/h1,3-5,7-8H,6,9-12H2. The van der Waals surface area contributed by atoms with Gasteiger partial charge in [0.25, 0.3) is 0 Å². The van der Waals surface area contributed by atoms with Gasteiger partial charge in [0, 0.05) is 0 Å². The van der Waals surface area contributed by atoms with Crippen LogP contribution in [0.25, 0.3) is 0 Å². The van der Waals surface area contributed by atoms with Gasteiger partial charge in [0.1, 0.15) is 0 Å². The van der Waals surface area contributed by atoms with Crippen LogP contribution in [-0.2, 0) is 14.3 Å². The SMILES string of the molecule is C#CC1(CCCC(=O)[Se]c2ccccc2)OCCO1. The zero-order valence-electron chi connectivity index (χ0n) is 10.6. The van der Waals surface area contributed by atoms with E-state index in [1.165, 1.54) is 0 Å². The number of carbonyl (C=O) groups is 1. The Balaban J connectivity index is 1.74. The molecule has 3 nitrogen and oxygen atoms in total. The van der Waals surface area contributed by atoms with E-state index in [1.54, 1.807) is 0 Å². The van der Waals surface area contributed by atoms with Gasteiger partial charge in [-0.1, -0.05) is 0 Å². The first-order chi connectivity index (χ1) is 9.24. The van der Waals surface area contributed by atoms with Gasteiger partial charge in [0.05, 0.1) is 0 Å². The summed E-state index contributed by atoms with van der Waals surface area (Å²) < 4.78 is 12.2. The Bertz CT molecular complexity index is 458. The first kappa shape index (κ1) is 14.3. The van der Waals surface area contributed by atoms with Gasteiger partial charge in [0.2, 0.25) is 0 Å². The number of ether oxygens (including phenoxy) is 2. The van der Waals surface area contributed by atoms with Crippen molar-refractivity contribution in [2.75, 3.05) is 13.2 Å². The molecule has 1 aliphatic rings. The van der Waals surface area contributed by atoms with Gasteiger partial charge in [-0.05, 0) is 0 Å². The van der Waals surface area contributed by atoms with E-state index >= 15 is 0 Å². The van der Waals surface area contributed by atoms with E-state index in [0.29, 0.717) is 32.5 Å². The van der Waals surface area contributed by atoms with Crippen molar-refractivity contribution < 1.29 is 14.3 Å². The minimum atomic E-state index is -0.889. The molecule has 0 bridgehead atoms. The van der Waals surface area contributed by atoms with Gasteiger partial charge >= 0.3 is 119 Å². The molecule has 1 fully saturated rings. The van der Waals surface area contributed by atoms with Gasteiger partial charge < -0.3 is 0 Å². The Hall–Kier alpha value is -1.11. The second kappa shape index (κ2) is 6.88. The molecule has 100 valence electrons.